The summed E-state index contributed by atoms with van der Waals surface area (Å²) < 4.78 is 5.48. The molecule has 5 N–H and O–H groups in total. The lowest BCUT2D eigenvalue weighted by Crippen LogP contribution is -2.43. The number of nitrogens with zero attached hydrogens (tertiary/aromatic N) is 5. The highest BCUT2D eigenvalue weighted by Gasteiger charge is 2.51. The molecule has 0 bridgehead atoms. The Kier molecular flexibility index (Phi) is 8.82. The standard InChI is InChI=1S/C34H42N8O3/c1-38-22-39-32(37)25-4-2-23(3-5-25)24-8-13-41(14-9-24)30(43)19-40-15-11-34(21-40)12-16-42(33(34)44)27-6-7-29(35)28(18-27)31(36)26-10-17-45-20-26/h2-8,18,22,26,36H,9-17,19-21,35H2,1H3,(H2,37,38,39)/t26?,34-/m0/s1. The van der Waals surface area contributed by atoms with E-state index in [2.05, 4.69) is 21.0 Å². The molecule has 2 atom stereocenters. The van der Waals surface area contributed by atoms with Crippen LogP contribution in [0.1, 0.15) is 42.4 Å². The highest BCUT2D eigenvalue weighted by molar-refractivity contribution is 6.07. The number of aliphatic imine (C=N–C) groups is 2. The van der Waals surface area contributed by atoms with Crippen molar-refractivity contribution in [2.75, 3.05) is 70.2 Å². The number of hydrogen-bond acceptors (Lipinski definition) is 7. The molecule has 6 rings (SSSR count). The van der Waals surface area contributed by atoms with Crippen molar-refractivity contribution in [2.45, 2.75) is 25.7 Å². The molecule has 2 aromatic rings. The van der Waals surface area contributed by atoms with Gasteiger partial charge in [-0.3, -0.25) is 19.5 Å². The van der Waals surface area contributed by atoms with Gasteiger partial charge in [0.05, 0.1) is 18.6 Å². The Morgan fingerprint density at radius 1 is 1.16 bits per heavy atom. The molecule has 0 saturated carbocycles. The summed E-state index contributed by atoms with van der Waals surface area (Å²) in [5.41, 5.74) is 17.4. The molecule has 4 heterocycles. The van der Waals surface area contributed by atoms with Crippen molar-refractivity contribution in [1.82, 2.24) is 9.80 Å². The first-order chi connectivity index (χ1) is 21.8. The molecule has 4 aliphatic heterocycles. The molecule has 0 radical (unpaired) electrons. The third-order valence-corrected chi connectivity index (χ3v) is 9.71. The number of nitrogens with one attached hydrogen (secondary N) is 1. The van der Waals surface area contributed by atoms with E-state index in [1.165, 1.54) is 11.9 Å². The van der Waals surface area contributed by atoms with E-state index in [1.54, 1.807) is 13.1 Å². The summed E-state index contributed by atoms with van der Waals surface area (Å²) in [5.74, 6) is 0.652. The van der Waals surface area contributed by atoms with E-state index in [9.17, 15) is 9.59 Å². The van der Waals surface area contributed by atoms with Gasteiger partial charge in [0.1, 0.15) is 12.2 Å². The molecule has 0 aromatic heterocycles. The van der Waals surface area contributed by atoms with Gasteiger partial charge in [-0.15, -0.1) is 0 Å². The predicted molar refractivity (Wildman–Crippen MR) is 178 cm³/mol. The summed E-state index contributed by atoms with van der Waals surface area (Å²) in [6.07, 6.45) is 6.65. The number of amidine groups is 1. The average molecular weight is 611 g/mol. The minimum atomic E-state index is -0.479. The van der Waals surface area contributed by atoms with Gasteiger partial charge < -0.3 is 31.4 Å². The van der Waals surface area contributed by atoms with Gasteiger partial charge >= 0.3 is 0 Å². The molecule has 3 saturated heterocycles. The van der Waals surface area contributed by atoms with Crippen molar-refractivity contribution >= 4 is 46.6 Å². The van der Waals surface area contributed by atoms with Crippen molar-refractivity contribution in [3.05, 3.63) is 65.2 Å². The summed E-state index contributed by atoms with van der Waals surface area (Å²) >= 11 is 0. The van der Waals surface area contributed by atoms with E-state index in [4.69, 9.17) is 21.6 Å². The number of hydrogen-bond donors (Lipinski definition) is 3. The number of rotatable bonds is 8. The first kappa shape index (κ1) is 30.7. The van der Waals surface area contributed by atoms with E-state index in [0.717, 1.165) is 49.0 Å². The SMILES string of the molecule is CN=CN=C(N)c1ccc(C2=CCN(C(=O)CN3CC[C@]4(CCN(c5ccc(N)c(C(=N)C6CCOC6)c5)C4=O)C3)CC2)cc1. The van der Waals surface area contributed by atoms with Gasteiger partial charge in [-0.25, -0.2) is 4.99 Å². The van der Waals surface area contributed by atoms with Crippen molar-refractivity contribution in [3.8, 4) is 0 Å². The largest absolute Gasteiger partial charge is 0.398 e. The fourth-order valence-electron chi connectivity index (χ4n) is 6.96. The number of amides is 2. The predicted octanol–water partition coefficient (Wildman–Crippen LogP) is 2.78. The van der Waals surface area contributed by atoms with E-state index in [0.29, 0.717) is 68.7 Å². The van der Waals surface area contributed by atoms with Gasteiger partial charge in [0.2, 0.25) is 11.8 Å². The van der Waals surface area contributed by atoms with Crippen LogP contribution in [0.3, 0.4) is 0 Å². The molecule has 1 spiro atoms. The van der Waals surface area contributed by atoms with Crippen molar-refractivity contribution in [2.24, 2.45) is 27.1 Å². The van der Waals surface area contributed by atoms with Crippen molar-refractivity contribution in [3.63, 3.8) is 0 Å². The Balaban J connectivity index is 1.04. The summed E-state index contributed by atoms with van der Waals surface area (Å²) in [5, 5.41) is 8.70. The fourth-order valence-corrected chi connectivity index (χ4v) is 6.96. The average Bonchev–Trinajstić information content (AvgIpc) is 3.82. The number of nitrogen functional groups attached to an aromatic ring is 1. The van der Waals surface area contributed by atoms with Crippen LogP contribution in [0.25, 0.3) is 5.57 Å². The van der Waals surface area contributed by atoms with Crippen LogP contribution in [0.5, 0.6) is 0 Å². The molecular weight excluding hydrogens is 568 g/mol. The van der Waals surface area contributed by atoms with Gasteiger partial charge in [-0.2, -0.15) is 0 Å². The summed E-state index contributed by atoms with van der Waals surface area (Å²) in [7, 11) is 1.65. The normalized spacial score (nSPS) is 24.3. The molecule has 236 valence electrons. The van der Waals surface area contributed by atoms with Gasteiger partial charge in [0.25, 0.3) is 0 Å². The van der Waals surface area contributed by atoms with Crippen LogP contribution in [0.2, 0.25) is 0 Å². The van der Waals surface area contributed by atoms with Crippen LogP contribution in [-0.2, 0) is 14.3 Å². The maximum atomic E-state index is 13.8. The lowest BCUT2D eigenvalue weighted by molar-refractivity contribution is -0.132. The zero-order chi connectivity index (χ0) is 31.6. The minimum absolute atomic E-state index is 0.0317. The van der Waals surface area contributed by atoms with Crippen molar-refractivity contribution < 1.29 is 14.3 Å². The molecule has 1 unspecified atom stereocenters. The van der Waals surface area contributed by atoms with Crippen molar-refractivity contribution in [1.29, 1.82) is 5.41 Å². The van der Waals surface area contributed by atoms with Crippen LogP contribution in [0.4, 0.5) is 11.4 Å². The van der Waals surface area contributed by atoms with Crippen LogP contribution >= 0.6 is 0 Å². The molecule has 11 nitrogen and oxygen atoms in total. The Morgan fingerprint density at radius 3 is 2.67 bits per heavy atom. The van der Waals surface area contributed by atoms with Gasteiger partial charge in [0.15, 0.2) is 0 Å². The van der Waals surface area contributed by atoms with E-state index in [1.807, 2.05) is 46.2 Å². The quantitative estimate of drug-likeness (QED) is 0.237. The molecule has 3 fully saturated rings. The van der Waals surface area contributed by atoms with Crippen LogP contribution in [-0.4, -0.2) is 99.0 Å². The zero-order valence-corrected chi connectivity index (χ0v) is 25.9. The van der Waals surface area contributed by atoms with E-state index in [-0.39, 0.29) is 17.7 Å². The summed E-state index contributed by atoms with van der Waals surface area (Å²) in [6, 6.07) is 13.5. The van der Waals surface area contributed by atoms with E-state index < -0.39 is 5.41 Å². The number of anilines is 2. The molecular formula is C34H42N8O3. The minimum Gasteiger partial charge on any atom is -0.398 e. The van der Waals surface area contributed by atoms with Crippen LogP contribution in [0.15, 0.2) is 58.5 Å². The first-order valence-corrected chi connectivity index (χ1v) is 15.7. The maximum Gasteiger partial charge on any atom is 0.237 e. The monoisotopic (exact) mass is 610 g/mol. The van der Waals surface area contributed by atoms with Gasteiger partial charge in [-0.05, 0) is 61.6 Å². The third-order valence-electron chi connectivity index (χ3n) is 9.71. The second-order valence-electron chi connectivity index (χ2n) is 12.5. The second-order valence-corrected chi connectivity index (χ2v) is 12.5. The lowest BCUT2D eigenvalue weighted by atomic mass is 9.85. The fraction of sp³-hybridized carbons (Fsp3) is 0.441. The molecule has 2 amide bonds. The Morgan fingerprint density at radius 2 is 1.96 bits per heavy atom. The number of carbonyl (C=O) groups excluding carboxylic acids is 2. The number of carbonyl (C=O) groups is 2. The zero-order valence-electron chi connectivity index (χ0n) is 25.9. The number of benzene rings is 2. The second kappa shape index (κ2) is 12.9. The number of nitrogens with two attached hydrogens (primary N) is 2. The first-order valence-electron chi connectivity index (χ1n) is 15.7. The molecule has 45 heavy (non-hydrogen) atoms. The van der Waals surface area contributed by atoms with Gasteiger partial charge in [-0.1, -0.05) is 30.3 Å². The maximum absolute atomic E-state index is 13.8. The third kappa shape index (κ3) is 6.27. The highest BCUT2D eigenvalue weighted by atomic mass is 16.5. The molecule has 2 aromatic carbocycles. The van der Waals surface area contributed by atoms with E-state index >= 15 is 0 Å². The highest BCUT2D eigenvalue weighted by Crippen LogP contribution is 2.43. The smallest absolute Gasteiger partial charge is 0.237 e. The number of ether oxygens (including phenoxy) is 1. The van der Waals surface area contributed by atoms with Crippen LogP contribution in [0, 0.1) is 16.7 Å². The summed E-state index contributed by atoms with van der Waals surface area (Å²) in [4.78, 5) is 41.0. The Hall–Kier alpha value is -4.35. The molecule has 11 heteroatoms. The number of likely N-dealkylation sites (tertiary alicyclic amines) is 1. The van der Waals surface area contributed by atoms with Gasteiger partial charge in [0, 0.05) is 74.0 Å². The Bertz CT molecular complexity index is 1560. The molecule has 4 aliphatic rings. The lowest BCUT2D eigenvalue weighted by Gasteiger charge is -2.29. The topological polar surface area (TPSA) is 154 Å². The Labute approximate surface area is 264 Å². The van der Waals surface area contributed by atoms with Crippen LogP contribution < -0.4 is 16.4 Å². The summed E-state index contributed by atoms with van der Waals surface area (Å²) in [6.45, 7) is 4.68. The molecule has 0 aliphatic carbocycles.